The second-order valence-corrected chi connectivity index (χ2v) is 7.59. The Labute approximate surface area is 185 Å². The monoisotopic (exact) mass is 452 g/mol. The summed E-state index contributed by atoms with van der Waals surface area (Å²) >= 11 is 4.14. The number of carboxylic acid groups (broad SMARTS) is 1. The Bertz CT molecular complexity index is 772. The van der Waals surface area contributed by atoms with Crippen LogP contribution < -0.4 is 21.3 Å². The van der Waals surface area contributed by atoms with Gasteiger partial charge in [-0.25, -0.2) is 4.79 Å². The third-order valence-corrected chi connectivity index (χ3v) is 5.27. The maximum atomic E-state index is 12.8. The number of hydrogen-bond acceptors (Lipinski definition) is 7. The van der Waals surface area contributed by atoms with Gasteiger partial charge in [0.2, 0.25) is 17.7 Å². The third-order valence-electron chi connectivity index (χ3n) is 4.91. The third kappa shape index (κ3) is 7.53. The maximum Gasteiger partial charge on any atom is 0.328 e. The van der Waals surface area contributed by atoms with Gasteiger partial charge in [-0.1, -0.05) is 30.3 Å². The summed E-state index contributed by atoms with van der Waals surface area (Å²) in [6.45, 7) is -0.0679. The first-order valence-electron chi connectivity index (χ1n) is 9.98. The molecule has 11 heteroatoms. The van der Waals surface area contributed by atoms with Crippen molar-refractivity contribution in [2.75, 3.05) is 18.9 Å². The number of benzene rings is 1. The van der Waals surface area contributed by atoms with E-state index in [9.17, 15) is 24.3 Å². The Kier molecular flexibility index (Phi) is 9.76. The zero-order chi connectivity index (χ0) is 22.8. The van der Waals surface area contributed by atoms with Gasteiger partial charge in [-0.3, -0.25) is 14.4 Å². The van der Waals surface area contributed by atoms with Gasteiger partial charge in [-0.15, -0.1) is 0 Å². The molecular formula is C20H28N4O6S. The molecule has 2 rings (SSSR count). The molecule has 1 aliphatic heterocycles. The maximum absolute atomic E-state index is 12.8. The number of thiol groups is 1. The summed E-state index contributed by atoms with van der Waals surface area (Å²) < 4.78 is 0. The number of carbonyl (C=O) groups is 4. The number of amides is 3. The van der Waals surface area contributed by atoms with Crippen LogP contribution in [0.25, 0.3) is 0 Å². The molecule has 0 saturated carbocycles. The van der Waals surface area contributed by atoms with Crippen molar-refractivity contribution in [3.63, 3.8) is 0 Å². The molecule has 0 aromatic heterocycles. The molecule has 1 aromatic rings. The molecule has 4 atom stereocenters. The first kappa shape index (κ1) is 24.6. The first-order chi connectivity index (χ1) is 14.8. The number of rotatable bonds is 11. The lowest BCUT2D eigenvalue weighted by molar-refractivity contribution is -0.143. The van der Waals surface area contributed by atoms with Crippen LogP contribution in [-0.2, 0) is 25.6 Å². The summed E-state index contributed by atoms with van der Waals surface area (Å²) in [6.07, 6.45) is 1.63. The Morgan fingerprint density at radius 2 is 1.68 bits per heavy atom. The SMILES string of the molecule is O=C(O)C(CO)NC(=O)C(Cc1ccccc1)NC(=O)C(CS)NC(=O)C1CCCN1. The van der Waals surface area contributed by atoms with Crippen LogP contribution in [0.1, 0.15) is 18.4 Å². The van der Waals surface area contributed by atoms with Crippen LogP contribution in [0.15, 0.2) is 30.3 Å². The van der Waals surface area contributed by atoms with Gasteiger partial charge in [0.25, 0.3) is 0 Å². The molecule has 170 valence electrons. The minimum absolute atomic E-state index is 0.0123. The van der Waals surface area contributed by atoms with Crippen LogP contribution in [-0.4, -0.2) is 77.0 Å². The average molecular weight is 453 g/mol. The van der Waals surface area contributed by atoms with Gasteiger partial charge < -0.3 is 31.5 Å². The zero-order valence-corrected chi connectivity index (χ0v) is 17.8. The average Bonchev–Trinajstić information content (AvgIpc) is 3.30. The van der Waals surface area contributed by atoms with Crippen LogP contribution in [0, 0.1) is 0 Å². The van der Waals surface area contributed by atoms with E-state index in [1.165, 1.54) is 0 Å². The summed E-state index contributed by atoms with van der Waals surface area (Å²) in [6, 6.07) is 4.89. The molecule has 1 heterocycles. The predicted octanol–water partition coefficient (Wildman–Crippen LogP) is -1.56. The predicted molar refractivity (Wildman–Crippen MR) is 116 cm³/mol. The van der Waals surface area contributed by atoms with Gasteiger partial charge in [-0.05, 0) is 24.9 Å². The van der Waals surface area contributed by atoms with Crippen molar-refractivity contribution in [3.8, 4) is 0 Å². The fraction of sp³-hybridized carbons (Fsp3) is 0.500. The Hall–Kier alpha value is -2.63. The molecule has 1 aliphatic rings. The highest BCUT2D eigenvalue weighted by atomic mass is 32.1. The highest BCUT2D eigenvalue weighted by Crippen LogP contribution is 2.07. The molecule has 4 unspecified atom stereocenters. The van der Waals surface area contributed by atoms with E-state index in [4.69, 9.17) is 5.11 Å². The topological polar surface area (TPSA) is 157 Å². The van der Waals surface area contributed by atoms with E-state index in [1.807, 2.05) is 0 Å². The van der Waals surface area contributed by atoms with Crippen molar-refractivity contribution >= 4 is 36.3 Å². The summed E-state index contributed by atoms with van der Waals surface area (Å²) in [7, 11) is 0. The number of aliphatic hydroxyl groups excluding tert-OH is 1. The lowest BCUT2D eigenvalue weighted by atomic mass is 10.0. The fourth-order valence-corrected chi connectivity index (χ4v) is 3.42. The zero-order valence-electron chi connectivity index (χ0n) is 16.9. The van der Waals surface area contributed by atoms with Gasteiger partial charge in [-0.2, -0.15) is 12.6 Å². The van der Waals surface area contributed by atoms with Crippen molar-refractivity contribution in [3.05, 3.63) is 35.9 Å². The molecule has 31 heavy (non-hydrogen) atoms. The lowest BCUT2D eigenvalue weighted by Crippen LogP contribution is -2.58. The molecule has 0 radical (unpaired) electrons. The fourth-order valence-electron chi connectivity index (χ4n) is 3.16. The quantitative estimate of drug-likeness (QED) is 0.200. The molecule has 0 spiro atoms. The van der Waals surface area contributed by atoms with Crippen LogP contribution in [0.2, 0.25) is 0 Å². The summed E-state index contributed by atoms with van der Waals surface area (Å²) in [4.78, 5) is 48.9. The highest BCUT2D eigenvalue weighted by molar-refractivity contribution is 7.80. The standard InChI is InChI=1S/C20H28N4O6S/c25-10-15(20(29)30)23-18(27)14(9-12-5-2-1-3-6-12)22-19(28)16(11-31)24-17(26)13-7-4-8-21-13/h1-3,5-6,13-16,21,25,31H,4,7-11H2,(H,22,28)(H,23,27)(H,24,26)(H,29,30). The molecule has 10 nitrogen and oxygen atoms in total. The van der Waals surface area contributed by atoms with Crippen LogP contribution in [0.5, 0.6) is 0 Å². The van der Waals surface area contributed by atoms with Crippen LogP contribution in [0.4, 0.5) is 0 Å². The molecule has 1 saturated heterocycles. The number of carboxylic acids is 1. The van der Waals surface area contributed by atoms with E-state index < -0.39 is 42.5 Å². The van der Waals surface area contributed by atoms with E-state index in [0.29, 0.717) is 6.42 Å². The van der Waals surface area contributed by atoms with Gasteiger partial charge in [0.15, 0.2) is 0 Å². The number of aliphatic carboxylic acids is 1. The Balaban J connectivity index is 2.09. The largest absolute Gasteiger partial charge is 0.480 e. The molecule has 6 N–H and O–H groups in total. The van der Waals surface area contributed by atoms with Gasteiger partial charge in [0.1, 0.15) is 18.1 Å². The normalized spacial score (nSPS) is 18.5. The number of aliphatic hydroxyl groups is 1. The van der Waals surface area contributed by atoms with E-state index in [1.54, 1.807) is 30.3 Å². The minimum Gasteiger partial charge on any atom is -0.480 e. The second-order valence-electron chi connectivity index (χ2n) is 7.23. The number of hydrogen-bond donors (Lipinski definition) is 7. The summed E-state index contributed by atoms with van der Waals surface area (Å²) in [5.74, 6) is -3.08. The summed E-state index contributed by atoms with van der Waals surface area (Å²) in [5.41, 5.74) is 0.737. The van der Waals surface area contributed by atoms with Crippen molar-refractivity contribution < 1.29 is 29.4 Å². The lowest BCUT2D eigenvalue weighted by Gasteiger charge is -2.24. The molecule has 3 amide bonds. The molecule has 1 fully saturated rings. The molecule has 0 aliphatic carbocycles. The van der Waals surface area contributed by atoms with Gasteiger partial charge >= 0.3 is 5.97 Å². The van der Waals surface area contributed by atoms with E-state index in [2.05, 4.69) is 33.9 Å². The second kappa shape index (κ2) is 12.3. The van der Waals surface area contributed by atoms with Crippen molar-refractivity contribution in [1.82, 2.24) is 21.3 Å². The van der Waals surface area contributed by atoms with Crippen LogP contribution in [0.3, 0.4) is 0 Å². The smallest absolute Gasteiger partial charge is 0.328 e. The molecule has 1 aromatic carbocycles. The Morgan fingerprint density at radius 1 is 1.03 bits per heavy atom. The summed E-state index contributed by atoms with van der Waals surface area (Å²) in [5, 5.41) is 28.7. The van der Waals surface area contributed by atoms with E-state index >= 15 is 0 Å². The minimum atomic E-state index is -1.50. The number of nitrogens with one attached hydrogen (secondary N) is 4. The van der Waals surface area contributed by atoms with Gasteiger partial charge in [0, 0.05) is 12.2 Å². The first-order valence-corrected chi connectivity index (χ1v) is 10.6. The van der Waals surface area contributed by atoms with E-state index in [0.717, 1.165) is 18.5 Å². The van der Waals surface area contributed by atoms with Crippen molar-refractivity contribution in [1.29, 1.82) is 0 Å². The van der Waals surface area contributed by atoms with Crippen LogP contribution >= 0.6 is 12.6 Å². The van der Waals surface area contributed by atoms with Crippen molar-refractivity contribution in [2.24, 2.45) is 0 Å². The highest BCUT2D eigenvalue weighted by Gasteiger charge is 2.31. The van der Waals surface area contributed by atoms with Crippen molar-refractivity contribution in [2.45, 2.75) is 43.4 Å². The Morgan fingerprint density at radius 3 is 2.23 bits per heavy atom. The van der Waals surface area contributed by atoms with Gasteiger partial charge in [0.05, 0.1) is 12.6 Å². The molecular weight excluding hydrogens is 424 g/mol. The number of carbonyl (C=O) groups excluding carboxylic acids is 3. The van der Waals surface area contributed by atoms with E-state index in [-0.39, 0.29) is 24.1 Å². The molecule has 0 bridgehead atoms.